The molecule has 8 heteroatoms. The first-order chi connectivity index (χ1) is 16.0. The van der Waals surface area contributed by atoms with Crippen molar-refractivity contribution in [2.24, 2.45) is 5.92 Å². The van der Waals surface area contributed by atoms with Crippen LogP contribution in [0.25, 0.3) is 22.3 Å². The number of pyridine rings is 2. The van der Waals surface area contributed by atoms with Gasteiger partial charge in [-0.15, -0.1) is 0 Å². The van der Waals surface area contributed by atoms with Gasteiger partial charge in [0.05, 0.1) is 17.9 Å². The topological polar surface area (TPSA) is 116 Å². The summed E-state index contributed by atoms with van der Waals surface area (Å²) in [5, 5.41) is 17.6. The highest BCUT2D eigenvalue weighted by Crippen LogP contribution is 2.41. The Morgan fingerprint density at radius 3 is 2.85 bits per heavy atom. The minimum atomic E-state index is -0.419. The first-order valence-electron chi connectivity index (χ1n) is 11.5. The molecule has 1 saturated heterocycles. The molecule has 2 aromatic heterocycles. The fraction of sp³-hybridized carbons (Fsp3) is 0.400. The Kier molecular flexibility index (Phi) is 5.76. The van der Waals surface area contributed by atoms with Crippen LogP contribution in [-0.4, -0.2) is 40.7 Å². The van der Waals surface area contributed by atoms with Gasteiger partial charge < -0.3 is 25.5 Å². The molecule has 1 atom stereocenters. The van der Waals surface area contributed by atoms with Gasteiger partial charge in [-0.1, -0.05) is 6.07 Å². The number of nitrogens with one attached hydrogen (secondary N) is 3. The van der Waals surface area contributed by atoms with Crippen LogP contribution in [0, 0.1) is 5.92 Å². The Morgan fingerprint density at radius 2 is 2.12 bits per heavy atom. The van der Waals surface area contributed by atoms with E-state index in [9.17, 15) is 14.7 Å². The zero-order valence-corrected chi connectivity index (χ0v) is 18.6. The SMILES string of the molecule is CC(=O)Nc1cc2c(C3CCCNC3)cc(-c3c(O)cccc3OCC3CC3)nc2[nH]c1=O. The lowest BCUT2D eigenvalue weighted by Gasteiger charge is -2.25. The maximum atomic E-state index is 12.6. The molecule has 1 aliphatic heterocycles. The van der Waals surface area contributed by atoms with E-state index in [1.54, 1.807) is 18.2 Å². The molecular formula is C25H28N4O4. The van der Waals surface area contributed by atoms with Crippen LogP contribution in [0.4, 0.5) is 5.69 Å². The van der Waals surface area contributed by atoms with Gasteiger partial charge in [0.2, 0.25) is 5.91 Å². The Morgan fingerprint density at radius 1 is 1.27 bits per heavy atom. The number of anilines is 1. The van der Waals surface area contributed by atoms with Crippen LogP contribution in [0.2, 0.25) is 0 Å². The van der Waals surface area contributed by atoms with Gasteiger partial charge in [0, 0.05) is 18.9 Å². The van der Waals surface area contributed by atoms with E-state index in [0.29, 0.717) is 35.2 Å². The molecule has 172 valence electrons. The first kappa shape index (κ1) is 21.5. The van der Waals surface area contributed by atoms with Gasteiger partial charge >= 0.3 is 0 Å². The maximum Gasteiger partial charge on any atom is 0.273 e. The van der Waals surface area contributed by atoms with Crippen LogP contribution in [0.5, 0.6) is 11.5 Å². The van der Waals surface area contributed by atoms with Crippen molar-refractivity contribution in [1.29, 1.82) is 0 Å². The summed E-state index contributed by atoms with van der Waals surface area (Å²) in [5.41, 5.74) is 2.29. The Labute approximate surface area is 191 Å². The van der Waals surface area contributed by atoms with Gasteiger partial charge in [-0.2, -0.15) is 0 Å². The molecule has 8 nitrogen and oxygen atoms in total. The van der Waals surface area contributed by atoms with Crippen LogP contribution in [-0.2, 0) is 4.79 Å². The smallest absolute Gasteiger partial charge is 0.273 e. The Bertz CT molecular complexity index is 1260. The van der Waals surface area contributed by atoms with Crippen molar-refractivity contribution in [3.8, 4) is 22.8 Å². The van der Waals surface area contributed by atoms with Gasteiger partial charge in [0.25, 0.3) is 5.56 Å². The van der Waals surface area contributed by atoms with E-state index >= 15 is 0 Å². The molecule has 2 aliphatic rings. The molecule has 0 radical (unpaired) electrons. The molecule has 1 unspecified atom stereocenters. The average molecular weight is 449 g/mol. The number of aromatic nitrogens is 2. The Balaban J connectivity index is 1.67. The molecule has 1 saturated carbocycles. The van der Waals surface area contributed by atoms with Gasteiger partial charge in [-0.05, 0) is 73.9 Å². The second-order valence-corrected chi connectivity index (χ2v) is 9.00. The summed E-state index contributed by atoms with van der Waals surface area (Å²) in [6.45, 7) is 3.76. The van der Waals surface area contributed by atoms with Crippen LogP contribution < -0.4 is 20.9 Å². The summed E-state index contributed by atoms with van der Waals surface area (Å²) in [6, 6.07) is 8.90. The Hall–Kier alpha value is -3.39. The van der Waals surface area contributed by atoms with Crippen molar-refractivity contribution in [2.75, 3.05) is 25.0 Å². The number of nitrogens with zero attached hydrogens (tertiary/aromatic N) is 1. The van der Waals surface area contributed by atoms with Gasteiger partial charge in [0.15, 0.2) is 0 Å². The second kappa shape index (κ2) is 8.86. The molecule has 3 heterocycles. The molecule has 1 aliphatic carbocycles. The van der Waals surface area contributed by atoms with E-state index in [2.05, 4.69) is 15.6 Å². The number of ether oxygens (including phenoxy) is 1. The highest BCUT2D eigenvalue weighted by atomic mass is 16.5. The zero-order valence-electron chi connectivity index (χ0n) is 18.6. The van der Waals surface area contributed by atoms with Gasteiger partial charge in [-0.25, -0.2) is 4.98 Å². The molecule has 1 aromatic carbocycles. The summed E-state index contributed by atoms with van der Waals surface area (Å²) in [6.07, 6.45) is 4.36. The standard InChI is InChI=1S/C25H28N4O4/c1-14(30)27-20-11-18-17(16-4-3-9-26-12-16)10-19(28-24(18)29-25(20)32)23-21(31)5-2-6-22(23)33-13-15-7-8-15/h2,5-6,10-11,15-16,26,31H,3-4,7-9,12-13H2,1H3,(H,27,30)(H,28,29,32). The van der Waals surface area contributed by atoms with E-state index in [0.717, 1.165) is 36.9 Å². The highest BCUT2D eigenvalue weighted by molar-refractivity contribution is 5.93. The van der Waals surface area contributed by atoms with Crippen molar-refractivity contribution >= 4 is 22.6 Å². The summed E-state index contributed by atoms with van der Waals surface area (Å²) in [7, 11) is 0. The van der Waals surface area contributed by atoms with E-state index in [4.69, 9.17) is 9.72 Å². The quantitative estimate of drug-likeness (QED) is 0.459. The summed E-state index contributed by atoms with van der Waals surface area (Å²) in [5.74, 6) is 1.13. The van der Waals surface area contributed by atoms with Crippen molar-refractivity contribution in [3.63, 3.8) is 0 Å². The van der Waals surface area contributed by atoms with Crippen LogP contribution >= 0.6 is 0 Å². The monoisotopic (exact) mass is 448 g/mol. The predicted molar refractivity (Wildman–Crippen MR) is 127 cm³/mol. The maximum absolute atomic E-state index is 12.6. The number of piperidine rings is 1. The number of H-pyrrole nitrogens is 1. The number of carbonyl (C=O) groups is 1. The second-order valence-electron chi connectivity index (χ2n) is 9.00. The predicted octanol–water partition coefficient (Wildman–Crippen LogP) is 3.51. The van der Waals surface area contributed by atoms with E-state index < -0.39 is 5.56 Å². The lowest BCUT2D eigenvalue weighted by atomic mass is 9.88. The number of aromatic amines is 1. The molecule has 3 aromatic rings. The number of aromatic hydroxyl groups is 1. The molecule has 33 heavy (non-hydrogen) atoms. The molecular weight excluding hydrogens is 420 g/mol. The van der Waals surface area contributed by atoms with Gasteiger partial charge in [-0.3, -0.25) is 9.59 Å². The fourth-order valence-corrected chi connectivity index (χ4v) is 4.46. The molecule has 5 rings (SSSR count). The molecule has 0 bridgehead atoms. The molecule has 1 amide bonds. The fourth-order valence-electron chi connectivity index (χ4n) is 4.46. The number of benzene rings is 1. The number of rotatable bonds is 6. The van der Waals surface area contributed by atoms with Crippen molar-refractivity contribution < 1.29 is 14.6 Å². The van der Waals surface area contributed by atoms with E-state index in [1.807, 2.05) is 12.1 Å². The zero-order chi connectivity index (χ0) is 22.9. The largest absolute Gasteiger partial charge is 0.507 e. The third kappa shape index (κ3) is 4.57. The van der Waals surface area contributed by atoms with E-state index in [-0.39, 0.29) is 23.3 Å². The number of phenolic OH excluding ortho intramolecular Hbond substituents is 1. The van der Waals surface area contributed by atoms with Crippen LogP contribution in [0.1, 0.15) is 44.1 Å². The average Bonchev–Trinajstić information content (AvgIpc) is 3.62. The lowest BCUT2D eigenvalue weighted by Crippen LogP contribution is -2.28. The third-order valence-corrected chi connectivity index (χ3v) is 6.34. The third-order valence-electron chi connectivity index (χ3n) is 6.34. The number of hydrogen-bond donors (Lipinski definition) is 4. The van der Waals surface area contributed by atoms with Crippen molar-refractivity contribution in [1.82, 2.24) is 15.3 Å². The summed E-state index contributed by atoms with van der Waals surface area (Å²) >= 11 is 0. The van der Waals surface area contributed by atoms with Crippen molar-refractivity contribution in [2.45, 2.75) is 38.5 Å². The summed E-state index contributed by atoms with van der Waals surface area (Å²) in [4.78, 5) is 31.8. The number of hydrogen-bond acceptors (Lipinski definition) is 6. The van der Waals surface area contributed by atoms with Crippen molar-refractivity contribution in [3.05, 3.63) is 46.2 Å². The minimum absolute atomic E-state index is 0.0834. The van der Waals surface area contributed by atoms with Crippen LogP contribution in [0.3, 0.4) is 0 Å². The summed E-state index contributed by atoms with van der Waals surface area (Å²) < 4.78 is 6.05. The first-order valence-corrected chi connectivity index (χ1v) is 11.5. The van der Waals surface area contributed by atoms with Gasteiger partial charge in [0.1, 0.15) is 22.8 Å². The molecule has 0 spiro atoms. The van der Waals surface area contributed by atoms with E-state index in [1.165, 1.54) is 19.8 Å². The highest BCUT2D eigenvalue weighted by Gasteiger charge is 2.25. The minimum Gasteiger partial charge on any atom is -0.507 e. The number of fused-ring (bicyclic) bond motifs is 1. The number of carbonyl (C=O) groups excluding carboxylic acids is 1. The lowest BCUT2D eigenvalue weighted by molar-refractivity contribution is -0.114. The normalized spacial score (nSPS) is 18.3. The molecule has 2 fully saturated rings. The molecule has 4 N–H and O–H groups in total. The van der Waals surface area contributed by atoms with Crippen LogP contribution in [0.15, 0.2) is 35.1 Å². The number of phenols is 1. The number of amides is 1.